The fraction of sp³-hybridized carbons (Fsp3) is 0. The van der Waals surface area contributed by atoms with Crippen LogP contribution in [0.3, 0.4) is 0 Å². The largest absolute Gasteiger partial charge is 0.489 e. The second-order valence-electron chi connectivity index (χ2n) is 27.6. The quantitative estimate of drug-likeness (QED) is 0.129. The monoisotopic (exact) mass is 1450 g/mol. The minimum atomic E-state index is -1.46. The maximum atomic E-state index is 9.65. The van der Waals surface area contributed by atoms with Crippen molar-refractivity contribution in [2.24, 2.45) is 0 Å². The molecule has 0 unspecified atom stereocenters. The van der Waals surface area contributed by atoms with E-state index < -0.39 is 7.12 Å². The molecule has 0 radical (unpaired) electrons. The van der Waals surface area contributed by atoms with Gasteiger partial charge in [-0.05, 0) is 224 Å². The molecule has 2 nitrogen and oxygen atoms in total. The second kappa shape index (κ2) is 26.2. The van der Waals surface area contributed by atoms with Crippen molar-refractivity contribution in [3.05, 3.63) is 368 Å². The zero-order valence-electron chi connectivity index (χ0n) is 57.3. The molecule has 496 valence electrons. The molecule has 2 heterocycles. The molecule has 22 rings (SSSR count). The molecule has 0 saturated carbocycles. The number of fused-ring (bicyclic) bond motifs is 18. The van der Waals surface area contributed by atoms with Gasteiger partial charge in [-0.2, -0.15) is 0 Å². The first-order valence-electron chi connectivity index (χ1n) is 35.9. The molecule has 20 aromatic carbocycles. The van der Waals surface area contributed by atoms with Crippen LogP contribution in [0.5, 0.6) is 0 Å². The van der Waals surface area contributed by atoms with Crippen molar-refractivity contribution in [1.82, 2.24) is 0 Å². The minimum Gasteiger partial charge on any atom is -0.423 e. The van der Waals surface area contributed by atoms with Crippen molar-refractivity contribution >= 4 is 199 Å². The van der Waals surface area contributed by atoms with Crippen LogP contribution in [-0.4, -0.2) is 17.2 Å². The Morgan fingerprint density at radius 1 is 0.208 bits per heavy atom. The van der Waals surface area contributed by atoms with Crippen molar-refractivity contribution < 1.29 is 10.0 Å². The van der Waals surface area contributed by atoms with Crippen LogP contribution in [0.15, 0.2) is 368 Å². The van der Waals surface area contributed by atoms with E-state index in [0.29, 0.717) is 5.46 Å². The summed E-state index contributed by atoms with van der Waals surface area (Å²) in [5.74, 6) is 0. The lowest BCUT2D eigenvalue weighted by Gasteiger charge is -2.19. The van der Waals surface area contributed by atoms with Gasteiger partial charge in [-0.25, -0.2) is 0 Å². The molecule has 0 aliphatic rings. The van der Waals surface area contributed by atoms with Crippen molar-refractivity contribution in [1.29, 1.82) is 0 Å². The highest BCUT2D eigenvalue weighted by Crippen LogP contribution is 2.50. The lowest BCUT2D eigenvalue weighted by atomic mass is 9.76. The van der Waals surface area contributed by atoms with E-state index in [9.17, 15) is 10.0 Å². The van der Waals surface area contributed by atoms with Crippen molar-refractivity contribution in [2.45, 2.75) is 0 Å². The highest BCUT2D eigenvalue weighted by Gasteiger charge is 2.23. The van der Waals surface area contributed by atoms with Crippen molar-refractivity contribution in [3.63, 3.8) is 0 Å². The zero-order valence-corrected chi connectivity index (χ0v) is 60.5. The SMILES string of the molecule is Brc1ccc2c(-c3ccc4ccccc4c3)c3ccccc3c(-c3ccc4ccccc4c3)c2c1.OB(O)c1cc2c3ccccc3sc2c2ccccc12.c1ccc2cc(-c3c4ccccc4c(-c4ccc5ccccc5c4)c4cc(-c5cc6c7ccccc7sc6c6ccccc56)ccc34)ccc2c1. The van der Waals surface area contributed by atoms with Gasteiger partial charge in [-0.15, -0.1) is 22.7 Å². The normalized spacial score (nSPS) is 11.7. The summed E-state index contributed by atoms with van der Waals surface area (Å²) in [6.45, 7) is 0. The smallest absolute Gasteiger partial charge is 0.423 e. The summed E-state index contributed by atoms with van der Waals surface area (Å²) in [6.07, 6.45) is 0. The predicted molar refractivity (Wildman–Crippen MR) is 465 cm³/mol. The Hall–Kier alpha value is -12.1. The average molecular weight is 1450 g/mol. The van der Waals surface area contributed by atoms with Gasteiger partial charge in [0.2, 0.25) is 0 Å². The van der Waals surface area contributed by atoms with Crippen LogP contribution >= 0.6 is 38.6 Å². The number of thiophene rings is 2. The Morgan fingerprint density at radius 3 is 0.934 bits per heavy atom. The Morgan fingerprint density at radius 2 is 0.509 bits per heavy atom. The third kappa shape index (κ3) is 10.9. The van der Waals surface area contributed by atoms with Gasteiger partial charge in [0.05, 0.1) is 0 Å². The molecular weight excluding hydrogens is 1390 g/mol. The number of hydrogen-bond acceptors (Lipinski definition) is 4. The lowest BCUT2D eigenvalue weighted by Crippen LogP contribution is -2.30. The number of hydrogen-bond donors (Lipinski definition) is 2. The molecule has 0 bridgehead atoms. The van der Waals surface area contributed by atoms with Gasteiger partial charge in [0.15, 0.2) is 0 Å². The Labute approximate surface area is 628 Å². The number of halogens is 1. The topological polar surface area (TPSA) is 40.5 Å². The van der Waals surface area contributed by atoms with Gasteiger partial charge in [0, 0.05) is 50.2 Å². The zero-order chi connectivity index (χ0) is 70.5. The molecule has 0 fully saturated rings. The summed E-state index contributed by atoms with van der Waals surface area (Å²) in [6, 6.07) is 132. The molecule has 0 spiro atoms. The van der Waals surface area contributed by atoms with E-state index in [0.717, 1.165) is 20.6 Å². The molecular formula is C100H62BBrO2S2. The third-order valence-electron chi connectivity index (χ3n) is 21.6. The maximum Gasteiger partial charge on any atom is 0.489 e. The molecule has 0 saturated heterocycles. The molecule has 2 N–H and O–H groups in total. The van der Waals surface area contributed by atoms with Gasteiger partial charge in [0.1, 0.15) is 0 Å². The molecule has 6 heteroatoms. The van der Waals surface area contributed by atoms with Crippen LogP contribution in [0.1, 0.15) is 0 Å². The van der Waals surface area contributed by atoms with E-state index >= 15 is 0 Å². The first kappa shape index (κ1) is 63.6. The summed E-state index contributed by atoms with van der Waals surface area (Å²) < 4.78 is 6.20. The molecule has 106 heavy (non-hydrogen) atoms. The first-order valence-corrected chi connectivity index (χ1v) is 38.3. The van der Waals surface area contributed by atoms with Crippen LogP contribution < -0.4 is 5.46 Å². The first-order chi connectivity index (χ1) is 52.3. The van der Waals surface area contributed by atoms with E-state index in [-0.39, 0.29) is 0 Å². The Balaban J connectivity index is 0.000000116. The molecule has 0 aliphatic carbocycles. The van der Waals surface area contributed by atoms with Crippen LogP contribution in [0, 0.1) is 0 Å². The summed E-state index contributed by atoms with van der Waals surface area (Å²) in [5, 5.41) is 49.0. The van der Waals surface area contributed by atoms with E-state index in [1.807, 2.05) is 53.8 Å². The van der Waals surface area contributed by atoms with Gasteiger partial charge >= 0.3 is 7.12 Å². The van der Waals surface area contributed by atoms with E-state index in [2.05, 4.69) is 337 Å². The van der Waals surface area contributed by atoms with Gasteiger partial charge in [-0.1, -0.05) is 319 Å². The molecule has 0 aliphatic heterocycles. The molecule has 0 amide bonds. The fourth-order valence-corrected chi connectivity index (χ4v) is 19.5. The minimum absolute atomic E-state index is 0.566. The maximum absolute atomic E-state index is 9.65. The Bertz CT molecular complexity index is 7350. The molecule has 22 aromatic rings. The summed E-state index contributed by atoms with van der Waals surface area (Å²) in [5.41, 5.74) is 13.2. The van der Waals surface area contributed by atoms with Crippen LogP contribution in [-0.2, 0) is 0 Å². The third-order valence-corrected chi connectivity index (χ3v) is 24.5. The van der Waals surface area contributed by atoms with E-state index in [1.165, 1.54) is 188 Å². The molecule has 0 atom stereocenters. The molecule has 2 aromatic heterocycles. The second-order valence-corrected chi connectivity index (χ2v) is 30.6. The predicted octanol–water partition coefficient (Wildman–Crippen LogP) is 28.1. The number of rotatable bonds is 6. The van der Waals surface area contributed by atoms with Crippen molar-refractivity contribution in [2.75, 3.05) is 0 Å². The lowest BCUT2D eigenvalue weighted by molar-refractivity contribution is 0.426. The number of benzene rings is 20. The Kier molecular flexibility index (Phi) is 15.7. The highest BCUT2D eigenvalue weighted by atomic mass is 79.9. The van der Waals surface area contributed by atoms with Crippen LogP contribution in [0.2, 0.25) is 0 Å². The fourth-order valence-electron chi connectivity index (χ4n) is 16.7. The van der Waals surface area contributed by atoms with Crippen molar-refractivity contribution in [3.8, 4) is 55.6 Å². The summed E-state index contributed by atoms with van der Waals surface area (Å²) >= 11 is 7.40. The summed E-state index contributed by atoms with van der Waals surface area (Å²) in [4.78, 5) is 0. The highest BCUT2D eigenvalue weighted by molar-refractivity contribution is 9.10. The van der Waals surface area contributed by atoms with Gasteiger partial charge in [-0.3, -0.25) is 0 Å². The van der Waals surface area contributed by atoms with Crippen LogP contribution in [0.4, 0.5) is 0 Å². The van der Waals surface area contributed by atoms with E-state index in [1.54, 1.807) is 11.3 Å². The summed E-state index contributed by atoms with van der Waals surface area (Å²) in [7, 11) is -1.46. The standard InChI is InChI=1S/C50H30S.C34H21Br.C16H11BO2S/c1-3-13-33-27-36(23-21-31(33)11-1)48-40-17-6-7-18-41(40)49(37-24-22-32-12-2-4-14-34(32)28-37)45-29-35(25-26-42(45)48)44-30-46-39-16-9-10-20-47(39)51-50(46)43-19-8-5-15-38(43)44;35-28-17-18-31-32(21-28)34(27-16-14-23-8-2-4-10-25(23)20-27)30-12-6-5-11-29(30)33(31)26-15-13-22-7-1-3-9-24(22)19-26;18-17(19)14-9-13-11-6-3-4-8-15(11)20-16(13)12-7-2-1-5-10(12)14/h1-30H;1-21H;1-9,18-19H. The van der Waals surface area contributed by atoms with Gasteiger partial charge in [0.25, 0.3) is 0 Å². The van der Waals surface area contributed by atoms with E-state index in [4.69, 9.17) is 0 Å². The van der Waals surface area contributed by atoms with Gasteiger partial charge < -0.3 is 10.0 Å². The average Bonchev–Trinajstić information content (AvgIpc) is 0.929. The van der Waals surface area contributed by atoms with Crippen LogP contribution in [0.25, 0.3) is 204 Å².